The smallest absolute Gasteiger partial charge is 0.142 e. The van der Waals surface area contributed by atoms with Crippen LogP contribution in [0.5, 0.6) is 23.0 Å². The van der Waals surface area contributed by atoms with Gasteiger partial charge < -0.3 is 51.9 Å². The van der Waals surface area contributed by atoms with Gasteiger partial charge in [0.15, 0.2) is 0 Å². The molecule has 2 aliphatic heterocycles. The average Bonchev–Trinajstić information content (AvgIpc) is 4.11. The largest absolute Gasteiger partial charge is 0.495 e. The molecule has 3 aromatic heterocycles. The van der Waals surface area contributed by atoms with Gasteiger partial charge in [0, 0.05) is 44.3 Å². The first-order chi connectivity index (χ1) is 29.2. The molecule has 4 aromatic carbocycles. The molecule has 0 atom stereocenters. The number of anilines is 4. The fourth-order valence-electron chi connectivity index (χ4n) is 7.89. The van der Waals surface area contributed by atoms with Gasteiger partial charge in [-0.3, -0.25) is 0 Å². The zero-order valence-corrected chi connectivity index (χ0v) is 33.4. The summed E-state index contributed by atoms with van der Waals surface area (Å²) in [5, 5.41) is 0. The molecule has 7 aromatic rings. The molecule has 0 amide bonds. The quantitative estimate of drug-likeness (QED) is 0.0805. The number of nitrogens with one attached hydrogen (secondary N) is 2. The van der Waals surface area contributed by atoms with Crippen molar-refractivity contribution >= 4 is 69.1 Å². The summed E-state index contributed by atoms with van der Waals surface area (Å²) in [5.74, 6) is 2.19. The Hall–Kier alpha value is -8.12. The van der Waals surface area contributed by atoms with E-state index in [1.54, 1.807) is 28.4 Å². The first kappa shape index (κ1) is 37.5. The van der Waals surface area contributed by atoms with Crippen LogP contribution in [-0.4, -0.2) is 48.4 Å². The highest BCUT2D eigenvalue weighted by Crippen LogP contribution is 2.42. The van der Waals surface area contributed by atoms with E-state index in [0.717, 1.165) is 89.4 Å². The van der Waals surface area contributed by atoms with Crippen LogP contribution in [0.15, 0.2) is 97.1 Å². The van der Waals surface area contributed by atoms with Crippen LogP contribution >= 0.6 is 0 Å². The van der Waals surface area contributed by atoms with Crippen molar-refractivity contribution in [3.8, 4) is 67.5 Å². The number of nitrogen functional groups attached to an aromatic ring is 4. The minimum Gasteiger partial charge on any atom is -0.495 e. The van der Waals surface area contributed by atoms with Gasteiger partial charge in [0.2, 0.25) is 0 Å². The van der Waals surface area contributed by atoms with Crippen LogP contribution in [0.1, 0.15) is 22.8 Å². The van der Waals surface area contributed by atoms with Gasteiger partial charge in [-0.25, -0.2) is 9.97 Å². The van der Waals surface area contributed by atoms with Crippen molar-refractivity contribution in [3.05, 3.63) is 120 Å². The van der Waals surface area contributed by atoms with E-state index < -0.39 is 0 Å². The molecule has 12 heteroatoms. The van der Waals surface area contributed by atoms with E-state index in [-0.39, 0.29) is 0 Å². The van der Waals surface area contributed by atoms with E-state index in [0.29, 0.717) is 45.7 Å². The number of methoxy groups -OCH3 is 4. The van der Waals surface area contributed by atoms with Crippen LogP contribution in [0.4, 0.5) is 22.7 Å². The van der Waals surface area contributed by atoms with Crippen molar-refractivity contribution in [1.82, 2.24) is 19.9 Å². The zero-order valence-electron chi connectivity index (χ0n) is 33.4. The van der Waals surface area contributed by atoms with Crippen molar-refractivity contribution in [2.45, 2.75) is 0 Å². The highest BCUT2D eigenvalue weighted by Gasteiger charge is 2.21. The normalized spacial score (nSPS) is 11.8. The third kappa shape index (κ3) is 6.45. The number of H-pyrrole nitrogens is 2. The number of fused-ring (bicyclic) bond motifs is 8. The van der Waals surface area contributed by atoms with Gasteiger partial charge in [-0.15, -0.1) is 0 Å². The van der Waals surface area contributed by atoms with E-state index in [2.05, 4.69) is 9.97 Å². The molecule has 0 aliphatic carbocycles. The standard InChI is InChI=1S/C48H42N8O4/c1-57-41-21-25(5-9-29(41)49)45-33-13-15-35(53-33)46(26-6-10-30(50)42(22-26)58-2)37-17-19-39(55-37)48(28-8-12-32(52)44(24-28)60-4)40-20-18-38(56-40)47(36-16-14-34(45)54-36)27-7-11-31(51)43(23-27)59-3/h5-24,53,56H,49-52H2,1-4H3. The monoisotopic (exact) mass is 794 g/mol. The summed E-state index contributed by atoms with van der Waals surface area (Å²) >= 11 is 0. The van der Waals surface area contributed by atoms with E-state index in [9.17, 15) is 0 Å². The highest BCUT2D eigenvalue weighted by molar-refractivity contribution is 6.00. The first-order valence-corrected chi connectivity index (χ1v) is 19.1. The first-order valence-electron chi connectivity index (χ1n) is 19.1. The third-order valence-electron chi connectivity index (χ3n) is 10.8. The van der Waals surface area contributed by atoms with Crippen molar-refractivity contribution in [2.75, 3.05) is 51.4 Å². The summed E-state index contributed by atoms with van der Waals surface area (Å²) in [6.07, 6.45) is 8.07. The number of ether oxygens (including phenoxy) is 4. The van der Waals surface area contributed by atoms with Crippen LogP contribution < -0.4 is 41.9 Å². The lowest BCUT2D eigenvalue weighted by molar-refractivity contribution is 0.417. The Labute approximate surface area is 345 Å². The maximum atomic E-state index is 6.33. The molecule has 9 rings (SSSR count). The van der Waals surface area contributed by atoms with Gasteiger partial charge in [0.25, 0.3) is 0 Å². The number of nitrogens with zero attached hydrogens (tertiary/aromatic N) is 2. The van der Waals surface area contributed by atoms with Gasteiger partial charge >= 0.3 is 0 Å². The average molecular weight is 795 g/mol. The van der Waals surface area contributed by atoms with Gasteiger partial charge in [-0.2, -0.15) is 0 Å². The lowest BCUT2D eigenvalue weighted by atomic mass is 10.0. The van der Waals surface area contributed by atoms with E-state index in [4.69, 9.17) is 51.9 Å². The zero-order chi connectivity index (χ0) is 41.7. The minimum atomic E-state index is 0.522. The molecule has 0 unspecified atom stereocenters. The number of aromatic amines is 2. The number of nitrogens with two attached hydrogens (primary N) is 4. The number of benzene rings is 4. The Morgan fingerprint density at radius 2 is 0.583 bits per heavy atom. The Morgan fingerprint density at radius 1 is 0.350 bits per heavy atom. The lowest BCUT2D eigenvalue weighted by Crippen LogP contribution is -1.95. The Kier molecular flexibility index (Phi) is 9.36. The number of rotatable bonds is 8. The van der Waals surface area contributed by atoms with E-state index in [1.165, 1.54) is 0 Å². The van der Waals surface area contributed by atoms with E-state index in [1.807, 2.05) is 121 Å². The lowest BCUT2D eigenvalue weighted by Gasteiger charge is -2.11. The predicted octanol–water partition coefficient (Wildman–Crippen LogP) is 9.69. The fraction of sp³-hybridized carbons (Fsp3) is 0.0833. The van der Waals surface area contributed by atoms with Crippen molar-refractivity contribution < 1.29 is 18.9 Å². The second-order valence-electron chi connectivity index (χ2n) is 14.3. The summed E-state index contributed by atoms with van der Waals surface area (Å²) < 4.78 is 22.8. The maximum absolute atomic E-state index is 6.33. The molecule has 60 heavy (non-hydrogen) atoms. The molecule has 0 spiro atoms. The third-order valence-corrected chi connectivity index (χ3v) is 10.8. The summed E-state index contributed by atoms with van der Waals surface area (Å²) in [6, 6.07) is 31.1. The molecule has 8 bridgehead atoms. The van der Waals surface area contributed by atoms with Crippen LogP contribution in [-0.2, 0) is 0 Å². The molecule has 0 radical (unpaired) electrons. The van der Waals surface area contributed by atoms with Crippen LogP contribution in [0.2, 0.25) is 0 Å². The molecule has 0 saturated heterocycles. The predicted molar refractivity (Wildman–Crippen MR) is 244 cm³/mol. The Bertz CT molecular complexity index is 2700. The molecule has 2 aliphatic rings. The fourth-order valence-corrected chi connectivity index (χ4v) is 7.89. The molecule has 10 N–H and O–H groups in total. The summed E-state index contributed by atoms with van der Waals surface area (Å²) in [4.78, 5) is 18.2. The van der Waals surface area contributed by atoms with Crippen molar-refractivity contribution in [3.63, 3.8) is 0 Å². The molecule has 0 saturated carbocycles. The minimum absolute atomic E-state index is 0.522. The number of hydrogen-bond acceptors (Lipinski definition) is 10. The molecule has 298 valence electrons. The highest BCUT2D eigenvalue weighted by atomic mass is 16.5. The van der Waals surface area contributed by atoms with Crippen LogP contribution in [0.3, 0.4) is 0 Å². The van der Waals surface area contributed by atoms with Gasteiger partial charge in [-0.05, 0) is 119 Å². The molecule has 0 fully saturated rings. The van der Waals surface area contributed by atoms with Crippen LogP contribution in [0, 0.1) is 0 Å². The van der Waals surface area contributed by atoms with Gasteiger partial charge in [0.1, 0.15) is 23.0 Å². The SMILES string of the molecule is COc1cc(-c2c3nc(c(-c4ccc(N)c(OC)c4)c4ccc([nH]4)c(-c4ccc(N)c(OC)c4)c4nc(c(-c5ccc(N)c(OC)c5)c5ccc2[nH]5)C=C4)C=C3)ccc1N. The Balaban J connectivity index is 1.48. The molecular weight excluding hydrogens is 753 g/mol. The van der Waals surface area contributed by atoms with Gasteiger partial charge in [0.05, 0.1) is 74.0 Å². The second-order valence-corrected chi connectivity index (χ2v) is 14.3. The van der Waals surface area contributed by atoms with Gasteiger partial charge in [-0.1, -0.05) is 24.3 Å². The second kappa shape index (κ2) is 15.0. The van der Waals surface area contributed by atoms with E-state index >= 15 is 0 Å². The maximum Gasteiger partial charge on any atom is 0.142 e. The summed E-state index contributed by atoms with van der Waals surface area (Å²) in [6.45, 7) is 0. The van der Waals surface area contributed by atoms with Crippen molar-refractivity contribution in [2.24, 2.45) is 0 Å². The topological polar surface area (TPSA) is 198 Å². The van der Waals surface area contributed by atoms with Crippen molar-refractivity contribution in [1.29, 1.82) is 0 Å². The number of hydrogen-bond donors (Lipinski definition) is 6. The Morgan fingerprint density at radius 3 is 0.800 bits per heavy atom. The molecule has 12 nitrogen and oxygen atoms in total. The van der Waals surface area contributed by atoms with Crippen LogP contribution in [0.25, 0.3) is 90.9 Å². The molecular formula is C48H42N8O4. The number of aromatic nitrogens is 4. The molecule has 5 heterocycles. The summed E-state index contributed by atoms with van der Waals surface area (Å²) in [7, 11) is 6.42. The summed E-state index contributed by atoms with van der Waals surface area (Å²) in [5.41, 5.74) is 40.2.